The molecule has 8 heteroatoms. The normalized spacial score (nSPS) is 17.3. The molecule has 2 aromatic carbocycles. The Morgan fingerprint density at radius 1 is 1.12 bits per heavy atom. The molecule has 1 aliphatic carbocycles. The summed E-state index contributed by atoms with van der Waals surface area (Å²) in [7, 11) is 3.22. The maximum Gasteiger partial charge on any atom is 0.227 e. The van der Waals surface area contributed by atoms with E-state index in [4.69, 9.17) is 19.6 Å². The van der Waals surface area contributed by atoms with Crippen molar-refractivity contribution in [2.45, 2.75) is 43.1 Å². The zero-order valence-electron chi connectivity index (χ0n) is 18.9. The van der Waals surface area contributed by atoms with Crippen LogP contribution in [0.5, 0.6) is 11.5 Å². The number of fused-ring (bicyclic) bond motifs is 1. The molecular weight excluding hydrogens is 436 g/mol. The van der Waals surface area contributed by atoms with Crippen molar-refractivity contribution in [3.8, 4) is 11.5 Å². The smallest absolute Gasteiger partial charge is 0.227 e. The van der Waals surface area contributed by atoms with Crippen LogP contribution in [0.4, 0.5) is 5.95 Å². The third kappa shape index (κ3) is 3.99. The maximum absolute atomic E-state index is 13.0. The van der Waals surface area contributed by atoms with Gasteiger partial charge in [0, 0.05) is 23.4 Å². The van der Waals surface area contributed by atoms with Gasteiger partial charge < -0.3 is 14.8 Å². The highest BCUT2D eigenvalue weighted by Crippen LogP contribution is 2.42. The number of ketones is 1. The third-order valence-electron chi connectivity index (χ3n) is 6.19. The summed E-state index contributed by atoms with van der Waals surface area (Å²) >= 11 is 1.60. The Labute approximate surface area is 197 Å². The van der Waals surface area contributed by atoms with Crippen LogP contribution in [0, 0.1) is 6.92 Å². The van der Waals surface area contributed by atoms with E-state index in [1.54, 1.807) is 26.0 Å². The molecule has 0 amide bonds. The summed E-state index contributed by atoms with van der Waals surface area (Å²) in [6.45, 7) is 2.11. The lowest BCUT2D eigenvalue weighted by atomic mass is 9.85. The summed E-state index contributed by atoms with van der Waals surface area (Å²) in [5, 5.41) is 8.89. The number of carbonyl (C=O) groups excluding carboxylic acids is 1. The summed E-state index contributed by atoms with van der Waals surface area (Å²) in [4.78, 5) is 17.8. The summed E-state index contributed by atoms with van der Waals surface area (Å²) in [6.07, 6.45) is 2.21. The van der Waals surface area contributed by atoms with E-state index in [0.29, 0.717) is 29.0 Å². The zero-order valence-corrected chi connectivity index (χ0v) is 19.7. The van der Waals surface area contributed by atoms with E-state index in [-0.39, 0.29) is 11.8 Å². The third-order valence-corrected chi connectivity index (χ3v) is 7.08. The Balaban J connectivity index is 1.54. The van der Waals surface area contributed by atoms with Gasteiger partial charge in [0.2, 0.25) is 11.1 Å². The van der Waals surface area contributed by atoms with E-state index in [2.05, 4.69) is 24.4 Å². The fourth-order valence-corrected chi connectivity index (χ4v) is 5.35. The van der Waals surface area contributed by atoms with Crippen molar-refractivity contribution < 1.29 is 14.3 Å². The first-order valence-corrected chi connectivity index (χ1v) is 12.0. The van der Waals surface area contributed by atoms with Crippen LogP contribution in [0.2, 0.25) is 0 Å². The number of ether oxygens (including phenoxy) is 2. The lowest BCUT2D eigenvalue weighted by Gasteiger charge is -2.32. The lowest BCUT2D eigenvalue weighted by molar-refractivity contribution is -0.116. The van der Waals surface area contributed by atoms with E-state index in [1.165, 1.54) is 11.1 Å². The number of benzene rings is 2. The molecule has 0 saturated heterocycles. The Kier molecular flexibility index (Phi) is 5.85. The van der Waals surface area contributed by atoms with Crippen LogP contribution in [0.1, 0.15) is 42.0 Å². The average molecular weight is 463 g/mol. The minimum absolute atomic E-state index is 0.152. The number of allylic oxidation sites excluding steroid dienone is 2. The van der Waals surface area contributed by atoms with Crippen LogP contribution in [-0.2, 0) is 10.5 Å². The molecule has 0 unspecified atom stereocenters. The number of thioether (sulfide) groups is 1. The van der Waals surface area contributed by atoms with E-state index in [1.807, 2.05) is 35.0 Å². The lowest BCUT2D eigenvalue weighted by Crippen LogP contribution is -2.31. The van der Waals surface area contributed by atoms with Gasteiger partial charge in [0.15, 0.2) is 17.3 Å². The number of nitrogens with zero attached hydrogens (tertiary/aromatic N) is 3. The highest BCUT2D eigenvalue weighted by atomic mass is 32.2. The molecule has 0 saturated carbocycles. The number of carbonyl (C=O) groups is 1. The summed E-state index contributed by atoms with van der Waals surface area (Å²) < 4.78 is 12.8. The van der Waals surface area contributed by atoms with Crippen LogP contribution in [0.3, 0.4) is 0 Å². The monoisotopic (exact) mass is 462 g/mol. The topological polar surface area (TPSA) is 78.3 Å². The number of methoxy groups -OCH3 is 2. The number of aryl methyl sites for hydroxylation is 1. The fraction of sp³-hybridized carbons (Fsp3) is 0.320. The molecular formula is C25H26N4O3S. The molecule has 1 atom stereocenters. The number of rotatable bonds is 6. The number of nitrogens with one attached hydrogen (secondary N) is 1. The molecule has 1 aliphatic heterocycles. The van der Waals surface area contributed by atoms with Crippen LogP contribution in [0.15, 0.2) is 58.9 Å². The Morgan fingerprint density at radius 3 is 2.73 bits per heavy atom. The zero-order chi connectivity index (χ0) is 22.9. The molecule has 0 radical (unpaired) electrons. The molecule has 2 heterocycles. The van der Waals surface area contributed by atoms with Gasteiger partial charge in [-0.15, -0.1) is 5.10 Å². The van der Waals surface area contributed by atoms with Crippen molar-refractivity contribution in [3.05, 3.63) is 70.4 Å². The van der Waals surface area contributed by atoms with E-state index in [0.717, 1.165) is 35.4 Å². The van der Waals surface area contributed by atoms with Crippen molar-refractivity contribution in [3.63, 3.8) is 0 Å². The maximum atomic E-state index is 13.0. The minimum atomic E-state index is -0.357. The number of hydrogen-bond donors (Lipinski definition) is 1. The van der Waals surface area contributed by atoms with E-state index < -0.39 is 0 Å². The molecule has 7 nitrogen and oxygen atoms in total. The van der Waals surface area contributed by atoms with Gasteiger partial charge in [-0.2, -0.15) is 4.98 Å². The molecule has 170 valence electrons. The molecule has 0 fully saturated rings. The largest absolute Gasteiger partial charge is 0.493 e. The number of Topliss-reactive ketones (excluding diaryl/α,β-unsaturated/α-hetero) is 1. The van der Waals surface area contributed by atoms with Crippen LogP contribution in [0.25, 0.3) is 0 Å². The van der Waals surface area contributed by atoms with Crippen LogP contribution >= 0.6 is 11.8 Å². The van der Waals surface area contributed by atoms with Gasteiger partial charge in [-0.25, -0.2) is 4.68 Å². The standard InChI is InChI=1S/C25H26N4O3S/c1-15-7-4-5-8-17(15)14-33-25-27-24-26-18-9-6-10-19(30)22(18)23(29(24)28-25)16-11-12-20(31-2)21(13-16)32-3/h4-5,7-8,11-13,23H,6,9-10,14H2,1-3H3,(H,26,27,28)/t23-/m1/s1. The SMILES string of the molecule is COc1ccc([C@@H]2C3=C(CCCC3=O)Nc3nc(SCc4ccccc4C)nn32)cc1OC. The highest BCUT2D eigenvalue weighted by Gasteiger charge is 2.37. The van der Waals surface area contributed by atoms with Gasteiger partial charge >= 0.3 is 0 Å². The minimum Gasteiger partial charge on any atom is -0.493 e. The second-order valence-electron chi connectivity index (χ2n) is 8.19. The van der Waals surface area contributed by atoms with Crippen LogP contribution in [-0.4, -0.2) is 34.8 Å². The van der Waals surface area contributed by atoms with Gasteiger partial charge in [-0.3, -0.25) is 4.79 Å². The van der Waals surface area contributed by atoms with E-state index in [9.17, 15) is 4.79 Å². The van der Waals surface area contributed by atoms with E-state index >= 15 is 0 Å². The molecule has 33 heavy (non-hydrogen) atoms. The first-order valence-electron chi connectivity index (χ1n) is 11.0. The predicted octanol–water partition coefficient (Wildman–Crippen LogP) is 4.92. The first kappa shape index (κ1) is 21.6. The summed E-state index contributed by atoms with van der Waals surface area (Å²) in [5.41, 5.74) is 5.13. The molecule has 1 aromatic heterocycles. The van der Waals surface area contributed by atoms with Gasteiger partial charge in [-0.1, -0.05) is 42.1 Å². The summed E-state index contributed by atoms with van der Waals surface area (Å²) in [5.74, 6) is 2.86. The Bertz CT molecular complexity index is 1250. The van der Waals surface area contributed by atoms with Crippen molar-refractivity contribution in [2.75, 3.05) is 19.5 Å². The Morgan fingerprint density at radius 2 is 1.94 bits per heavy atom. The fourth-order valence-electron chi connectivity index (χ4n) is 4.44. The molecule has 0 spiro atoms. The van der Waals surface area contributed by atoms with Crippen molar-refractivity contribution in [2.24, 2.45) is 0 Å². The molecule has 3 aromatic rings. The van der Waals surface area contributed by atoms with Gasteiger partial charge in [-0.05, 0) is 48.6 Å². The van der Waals surface area contributed by atoms with Crippen molar-refractivity contribution in [1.82, 2.24) is 14.8 Å². The highest BCUT2D eigenvalue weighted by molar-refractivity contribution is 7.98. The number of aromatic nitrogens is 3. The second-order valence-corrected chi connectivity index (χ2v) is 9.13. The van der Waals surface area contributed by atoms with Crippen molar-refractivity contribution >= 4 is 23.5 Å². The quantitative estimate of drug-likeness (QED) is 0.521. The van der Waals surface area contributed by atoms with Gasteiger partial charge in [0.25, 0.3) is 0 Å². The number of hydrogen-bond acceptors (Lipinski definition) is 7. The first-order chi connectivity index (χ1) is 16.1. The molecule has 0 bridgehead atoms. The Hall–Kier alpha value is -3.26. The molecule has 1 N–H and O–H groups in total. The van der Waals surface area contributed by atoms with Gasteiger partial charge in [0.05, 0.1) is 14.2 Å². The number of anilines is 1. The van der Waals surface area contributed by atoms with Crippen LogP contribution < -0.4 is 14.8 Å². The molecule has 2 aliphatic rings. The second kappa shape index (κ2) is 8.94. The predicted molar refractivity (Wildman–Crippen MR) is 128 cm³/mol. The summed E-state index contributed by atoms with van der Waals surface area (Å²) in [6, 6.07) is 13.7. The average Bonchev–Trinajstić information content (AvgIpc) is 3.24. The van der Waals surface area contributed by atoms with Crippen molar-refractivity contribution in [1.29, 1.82) is 0 Å². The van der Waals surface area contributed by atoms with Gasteiger partial charge in [0.1, 0.15) is 6.04 Å². The molecule has 5 rings (SSSR count).